The van der Waals surface area contributed by atoms with Crippen LogP contribution in [0.2, 0.25) is 0 Å². The average molecular weight is 355 g/mol. The maximum Gasteiger partial charge on any atom is 0.242 e. The molecule has 2 fully saturated rings. The van der Waals surface area contributed by atoms with Crippen molar-refractivity contribution in [3.8, 4) is 0 Å². The first-order valence-electron chi connectivity index (χ1n) is 9.35. The number of nitrogens with zero attached hydrogens (tertiary/aromatic N) is 4. The van der Waals surface area contributed by atoms with Gasteiger partial charge in [-0.05, 0) is 50.2 Å². The Morgan fingerprint density at radius 3 is 2.88 bits per heavy atom. The molecule has 0 spiro atoms. The van der Waals surface area contributed by atoms with Crippen LogP contribution >= 0.6 is 0 Å². The van der Waals surface area contributed by atoms with Crippen LogP contribution in [0.1, 0.15) is 26.2 Å². The molecule has 2 amide bonds. The molecule has 0 saturated heterocycles. The molecule has 2 aliphatic carbocycles. The molecule has 0 radical (unpaired) electrons. The standard InChI is InChI=1S/C19H25N5O2/c1-12(10-23(2)19(26)14-8-7-13-9-15(13)14)20-18(25)11-24-17-6-4-3-5-16(17)21-22-24/h3-6,12-15H,7-11H2,1-2H3,(H,20,25)/t12?,13-,14-,15+/m1/s1. The van der Waals surface area contributed by atoms with E-state index in [1.807, 2.05) is 38.2 Å². The lowest BCUT2D eigenvalue weighted by Gasteiger charge is -2.25. The Bertz CT molecular complexity index is 832. The number of carbonyl (C=O) groups excluding carboxylic acids is 2. The lowest BCUT2D eigenvalue weighted by atomic mass is 10.0. The van der Waals surface area contributed by atoms with Gasteiger partial charge < -0.3 is 10.2 Å². The van der Waals surface area contributed by atoms with E-state index in [1.54, 1.807) is 9.58 Å². The number of para-hydroxylation sites is 1. The summed E-state index contributed by atoms with van der Waals surface area (Å²) in [7, 11) is 1.84. The third kappa shape index (κ3) is 3.30. The molecular weight excluding hydrogens is 330 g/mol. The summed E-state index contributed by atoms with van der Waals surface area (Å²) in [6, 6.07) is 7.45. The number of rotatable bonds is 6. The summed E-state index contributed by atoms with van der Waals surface area (Å²) in [4.78, 5) is 26.7. The Labute approximate surface area is 152 Å². The van der Waals surface area contributed by atoms with Gasteiger partial charge in [-0.1, -0.05) is 17.3 Å². The molecule has 1 aromatic carbocycles. The van der Waals surface area contributed by atoms with Crippen molar-refractivity contribution in [2.24, 2.45) is 17.8 Å². The quantitative estimate of drug-likeness (QED) is 0.850. The second-order valence-corrected chi connectivity index (χ2v) is 7.77. The number of hydrogen-bond acceptors (Lipinski definition) is 4. The zero-order chi connectivity index (χ0) is 18.3. The predicted molar refractivity (Wildman–Crippen MR) is 97.1 cm³/mol. The Kier molecular flexibility index (Phi) is 4.38. The van der Waals surface area contributed by atoms with Gasteiger partial charge in [0.05, 0.1) is 5.52 Å². The van der Waals surface area contributed by atoms with Gasteiger partial charge in [0, 0.05) is 25.6 Å². The molecule has 138 valence electrons. The highest BCUT2D eigenvalue weighted by Crippen LogP contribution is 2.55. The fraction of sp³-hybridized carbons (Fsp3) is 0.579. The maximum atomic E-state index is 12.6. The SMILES string of the molecule is CC(CN(C)C(=O)[C@@H]1CC[C@@H]2C[C@@H]21)NC(=O)Cn1nnc2ccccc21. The number of likely N-dealkylation sites (N-methyl/N-ethyl adjacent to an activating group) is 1. The first-order valence-corrected chi connectivity index (χ1v) is 9.35. The molecule has 4 atom stereocenters. The van der Waals surface area contributed by atoms with Crippen LogP contribution in [0.15, 0.2) is 24.3 Å². The van der Waals surface area contributed by atoms with E-state index >= 15 is 0 Å². The summed E-state index contributed by atoms with van der Waals surface area (Å²) in [5.74, 6) is 1.73. The van der Waals surface area contributed by atoms with Gasteiger partial charge in [-0.25, -0.2) is 4.68 Å². The van der Waals surface area contributed by atoms with Crippen molar-refractivity contribution >= 4 is 22.8 Å². The number of hydrogen-bond donors (Lipinski definition) is 1. The van der Waals surface area contributed by atoms with Crippen molar-refractivity contribution in [3.63, 3.8) is 0 Å². The zero-order valence-corrected chi connectivity index (χ0v) is 15.3. The highest BCUT2D eigenvalue weighted by Gasteiger charge is 2.51. The number of nitrogens with one attached hydrogen (secondary N) is 1. The Hall–Kier alpha value is -2.44. The molecule has 0 aliphatic heterocycles. The summed E-state index contributed by atoms with van der Waals surface area (Å²) < 4.78 is 1.60. The van der Waals surface area contributed by atoms with Crippen molar-refractivity contribution in [1.29, 1.82) is 0 Å². The van der Waals surface area contributed by atoms with Gasteiger partial charge >= 0.3 is 0 Å². The molecule has 26 heavy (non-hydrogen) atoms. The number of carbonyl (C=O) groups is 2. The topological polar surface area (TPSA) is 80.1 Å². The minimum Gasteiger partial charge on any atom is -0.350 e. The minimum atomic E-state index is -0.128. The van der Waals surface area contributed by atoms with Crippen LogP contribution in [0, 0.1) is 17.8 Å². The third-order valence-electron chi connectivity index (χ3n) is 5.70. The van der Waals surface area contributed by atoms with Gasteiger partial charge in [0.25, 0.3) is 0 Å². The van der Waals surface area contributed by atoms with E-state index in [0.717, 1.165) is 23.4 Å². The first-order chi connectivity index (χ1) is 12.5. The van der Waals surface area contributed by atoms with Crippen LogP contribution in [0.4, 0.5) is 0 Å². The fourth-order valence-electron chi connectivity index (χ4n) is 4.33. The van der Waals surface area contributed by atoms with Crippen LogP contribution in [0.5, 0.6) is 0 Å². The molecule has 1 heterocycles. The van der Waals surface area contributed by atoms with E-state index in [2.05, 4.69) is 15.6 Å². The van der Waals surface area contributed by atoms with Crippen LogP contribution in [0.3, 0.4) is 0 Å². The van der Waals surface area contributed by atoms with Crippen molar-refractivity contribution in [2.45, 2.75) is 38.8 Å². The largest absolute Gasteiger partial charge is 0.350 e. The number of benzene rings is 1. The molecule has 1 N–H and O–H groups in total. The lowest BCUT2D eigenvalue weighted by molar-refractivity contribution is -0.135. The van der Waals surface area contributed by atoms with E-state index in [9.17, 15) is 9.59 Å². The highest BCUT2D eigenvalue weighted by molar-refractivity contribution is 5.81. The lowest BCUT2D eigenvalue weighted by Crippen LogP contribution is -2.45. The molecule has 1 unspecified atom stereocenters. The van der Waals surface area contributed by atoms with E-state index in [0.29, 0.717) is 12.5 Å². The molecule has 7 nitrogen and oxygen atoms in total. The van der Waals surface area contributed by atoms with Crippen molar-refractivity contribution < 1.29 is 9.59 Å². The minimum absolute atomic E-state index is 0.109. The number of aromatic nitrogens is 3. The van der Waals surface area contributed by atoms with Crippen LogP contribution in [-0.2, 0) is 16.1 Å². The van der Waals surface area contributed by atoms with Crippen molar-refractivity contribution in [1.82, 2.24) is 25.2 Å². The van der Waals surface area contributed by atoms with Crippen molar-refractivity contribution in [3.05, 3.63) is 24.3 Å². The Morgan fingerprint density at radius 1 is 1.35 bits per heavy atom. The van der Waals surface area contributed by atoms with Gasteiger partial charge in [-0.3, -0.25) is 9.59 Å². The highest BCUT2D eigenvalue weighted by atomic mass is 16.2. The van der Waals surface area contributed by atoms with E-state index < -0.39 is 0 Å². The van der Waals surface area contributed by atoms with Gasteiger partial charge in [-0.2, -0.15) is 0 Å². The van der Waals surface area contributed by atoms with E-state index in [1.165, 1.54) is 12.8 Å². The Morgan fingerprint density at radius 2 is 2.15 bits per heavy atom. The second-order valence-electron chi connectivity index (χ2n) is 7.77. The maximum absolute atomic E-state index is 12.6. The van der Waals surface area contributed by atoms with Crippen LogP contribution < -0.4 is 5.32 Å². The van der Waals surface area contributed by atoms with Gasteiger partial charge in [0.15, 0.2) is 0 Å². The molecule has 7 heteroatoms. The molecule has 2 saturated carbocycles. The summed E-state index contributed by atoms with van der Waals surface area (Å²) in [5.41, 5.74) is 1.61. The van der Waals surface area contributed by atoms with Gasteiger partial charge in [0.1, 0.15) is 12.1 Å². The first kappa shape index (κ1) is 17.0. The van der Waals surface area contributed by atoms with Gasteiger partial charge in [-0.15, -0.1) is 5.10 Å². The molecular formula is C19H25N5O2. The summed E-state index contributed by atoms with van der Waals surface area (Å²) in [6.45, 7) is 2.57. The van der Waals surface area contributed by atoms with E-state index in [-0.39, 0.29) is 30.3 Å². The summed E-state index contributed by atoms with van der Waals surface area (Å²) >= 11 is 0. The number of fused-ring (bicyclic) bond motifs is 2. The monoisotopic (exact) mass is 355 g/mol. The normalized spacial score (nSPS) is 24.9. The zero-order valence-electron chi connectivity index (χ0n) is 15.3. The van der Waals surface area contributed by atoms with Crippen LogP contribution in [-0.4, -0.2) is 51.3 Å². The molecule has 1 aromatic heterocycles. The average Bonchev–Trinajstić information content (AvgIpc) is 3.09. The summed E-state index contributed by atoms with van der Waals surface area (Å²) in [5, 5.41) is 11.1. The molecule has 2 aliphatic rings. The van der Waals surface area contributed by atoms with E-state index in [4.69, 9.17) is 0 Å². The molecule has 4 rings (SSSR count). The molecule has 2 aromatic rings. The van der Waals surface area contributed by atoms with Crippen molar-refractivity contribution in [2.75, 3.05) is 13.6 Å². The number of amides is 2. The van der Waals surface area contributed by atoms with Gasteiger partial charge in [0.2, 0.25) is 11.8 Å². The predicted octanol–water partition coefficient (Wildman–Crippen LogP) is 1.44. The Balaban J connectivity index is 1.29. The molecule has 0 bridgehead atoms. The summed E-state index contributed by atoms with van der Waals surface area (Å²) in [6.07, 6.45) is 3.45. The smallest absolute Gasteiger partial charge is 0.242 e. The van der Waals surface area contributed by atoms with Crippen LogP contribution in [0.25, 0.3) is 11.0 Å². The third-order valence-corrected chi connectivity index (χ3v) is 5.70. The second kappa shape index (κ2) is 6.70. The fourth-order valence-corrected chi connectivity index (χ4v) is 4.33.